The summed E-state index contributed by atoms with van der Waals surface area (Å²) in [5.74, 6) is -0.319. The molecule has 5 rings (SSSR count). The third-order valence-electron chi connectivity index (χ3n) is 7.69. The van der Waals surface area contributed by atoms with Gasteiger partial charge in [-0.3, -0.25) is 19.4 Å². The monoisotopic (exact) mass is 536 g/mol. The van der Waals surface area contributed by atoms with Crippen LogP contribution in [0.3, 0.4) is 0 Å². The molecule has 3 amide bonds. The van der Waals surface area contributed by atoms with Crippen molar-refractivity contribution in [2.45, 2.75) is 51.7 Å². The maximum absolute atomic E-state index is 14.2. The molecule has 0 saturated carbocycles. The molecule has 0 unspecified atom stereocenters. The molecule has 1 N–H and O–H groups in total. The topological polar surface area (TPSA) is 82.6 Å². The maximum Gasteiger partial charge on any atom is 0.246 e. The van der Waals surface area contributed by atoms with Crippen molar-refractivity contribution in [2.75, 3.05) is 13.6 Å². The number of nitrogens with zero attached hydrogens (tertiary/aromatic N) is 3. The third kappa shape index (κ3) is 5.83. The van der Waals surface area contributed by atoms with Crippen molar-refractivity contribution in [3.8, 4) is 0 Å². The van der Waals surface area contributed by atoms with E-state index in [-0.39, 0.29) is 36.6 Å². The Balaban J connectivity index is 1.46. The molecular weight excluding hydrogens is 500 g/mol. The average Bonchev–Trinajstić information content (AvgIpc) is 3.07. The zero-order valence-electron chi connectivity index (χ0n) is 23.3. The van der Waals surface area contributed by atoms with Gasteiger partial charge in [-0.15, -0.1) is 0 Å². The van der Waals surface area contributed by atoms with Crippen LogP contribution in [0.25, 0.3) is 21.7 Å². The van der Waals surface area contributed by atoms with E-state index in [4.69, 9.17) is 0 Å². The van der Waals surface area contributed by atoms with E-state index in [1.165, 1.54) is 0 Å². The van der Waals surface area contributed by atoms with Crippen LogP contribution >= 0.6 is 0 Å². The van der Waals surface area contributed by atoms with Crippen LogP contribution in [0.4, 0.5) is 0 Å². The van der Waals surface area contributed by atoms with Crippen LogP contribution in [0, 0.1) is 5.92 Å². The van der Waals surface area contributed by atoms with E-state index in [2.05, 4.69) is 22.4 Å². The zero-order valence-corrected chi connectivity index (χ0v) is 23.3. The summed E-state index contributed by atoms with van der Waals surface area (Å²) >= 11 is 0. The van der Waals surface area contributed by atoms with Gasteiger partial charge in [0.05, 0.1) is 5.52 Å². The van der Waals surface area contributed by atoms with Gasteiger partial charge >= 0.3 is 0 Å². The van der Waals surface area contributed by atoms with Gasteiger partial charge in [0.15, 0.2) is 0 Å². The minimum absolute atomic E-state index is 0.0870. The molecule has 1 aliphatic heterocycles. The number of likely N-dealkylation sites (N-methyl/N-ethyl adjacent to an activating group) is 1. The predicted molar refractivity (Wildman–Crippen MR) is 157 cm³/mol. The molecule has 3 aromatic carbocycles. The maximum atomic E-state index is 14.2. The van der Waals surface area contributed by atoms with E-state index < -0.39 is 12.1 Å². The molecule has 206 valence electrons. The Morgan fingerprint density at radius 3 is 2.40 bits per heavy atom. The number of pyridine rings is 1. The van der Waals surface area contributed by atoms with Crippen LogP contribution in [-0.2, 0) is 27.3 Å². The summed E-state index contributed by atoms with van der Waals surface area (Å²) in [5, 5.41) is 5.95. The molecule has 2 atom stereocenters. The summed E-state index contributed by atoms with van der Waals surface area (Å²) in [7, 11) is 1.59. The number of benzene rings is 3. The molecule has 7 nitrogen and oxygen atoms in total. The van der Waals surface area contributed by atoms with Gasteiger partial charge in [-0.05, 0) is 46.4 Å². The van der Waals surface area contributed by atoms with Gasteiger partial charge in [-0.1, -0.05) is 74.5 Å². The second-order valence-corrected chi connectivity index (χ2v) is 11.0. The number of carbonyl (C=O) groups excluding carboxylic acids is 3. The van der Waals surface area contributed by atoms with E-state index in [9.17, 15) is 14.4 Å². The lowest BCUT2D eigenvalue weighted by Gasteiger charge is -2.35. The molecule has 40 heavy (non-hydrogen) atoms. The first kappa shape index (κ1) is 27.3. The number of aromatic nitrogens is 1. The first-order valence-corrected chi connectivity index (χ1v) is 14.0. The molecule has 7 heteroatoms. The van der Waals surface area contributed by atoms with Crippen LogP contribution < -0.4 is 5.32 Å². The summed E-state index contributed by atoms with van der Waals surface area (Å²) in [6.45, 7) is 4.59. The van der Waals surface area contributed by atoms with E-state index in [1.54, 1.807) is 23.0 Å². The Hall–Kier alpha value is -4.26. The molecule has 0 radical (unpaired) electrons. The summed E-state index contributed by atoms with van der Waals surface area (Å²) in [5.41, 5.74) is 2.73. The van der Waals surface area contributed by atoms with E-state index in [1.807, 2.05) is 74.5 Å². The van der Waals surface area contributed by atoms with Crippen molar-refractivity contribution < 1.29 is 14.4 Å². The number of hydrogen-bond donors (Lipinski definition) is 1. The number of fused-ring (bicyclic) bond motifs is 2. The lowest BCUT2D eigenvalue weighted by Crippen LogP contribution is -2.54. The highest BCUT2D eigenvalue weighted by Gasteiger charge is 2.41. The highest BCUT2D eigenvalue weighted by Crippen LogP contribution is 2.26. The van der Waals surface area contributed by atoms with Crippen LogP contribution in [0.5, 0.6) is 0 Å². The van der Waals surface area contributed by atoms with Crippen LogP contribution in [0.2, 0.25) is 0 Å². The minimum Gasteiger partial charge on any atom is -0.357 e. The van der Waals surface area contributed by atoms with Gasteiger partial charge in [0.1, 0.15) is 12.1 Å². The van der Waals surface area contributed by atoms with Gasteiger partial charge in [-0.2, -0.15) is 0 Å². The second kappa shape index (κ2) is 11.9. The quantitative estimate of drug-likeness (QED) is 0.353. The Morgan fingerprint density at radius 1 is 0.950 bits per heavy atom. The Labute approximate surface area is 235 Å². The van der Waals surface area contributed by atoms with E-state index >= 15 is 0 Å². The third-order valence-corrected chi connectivity index (χ3v) is 7.69. The molecule has 1 fully saturated rings. The molecule has 1 aliphatic rings. The van der Waals surface area contributed by atoms with Crippen LogP contribution in [0.15, 0.2) is 79.0 Å². The van der Waals surface area contributed by atoms with Crippen molar-refractivity contribution in [1.29, 1.82) is 0 Å². The fourth-order valence-electron chi connectivity index (χ4n) is 5.65. The lowest BCUT2D eigenvalue weighted by atomic mass is 9.97. The van der Waals surface area contributed by atoms with Crippen LogP contribution in [-0.4, -0.2) is 58.2 Å². The van der Waals surface area contributed by atoms with Gasteiger partial charge in [0.2, 0.25) is 17.7 Å². The molecule has 4 aromatic rings. The molecule has 0 aliphatic carbocycles. The molecule has 1 aromatic heterocycles. The average molecular weight is 537 g/mol. The number of nitrogens with one attached hydrogen (secondary N) is 1. The highest BCUT2D eigenvalue weighted by atomic mass is 16.2. The van der Waals surface area contributed by atoms with Crippen molar-refractivity contribution in [3.05, 3.63) is 90.1 Å². The Bertz CT molecular complexity index is 1550. The minimum atomic E-state index is -0.719. The van der Waals surface area contributed by atoms with Gasteiger partial charge in [0, 0.05) is 44.6 Å². The van der Waals surface area contributed by atoms with Gasteiger partial charge in [-0.25, -0.2) is 0 Å². The first-order chi connectivity index (χ1) is 19.3. The standard InChI is InChI=1S/C33H36N4O3/c1-22(2)16-30-33(40)36(29(32(39)34-3)19-23-12-13-25-8-4-5-9-26(25)17-23)15-14-31(38)37(30)21-24-18-27-10-6-7-11-28(27)35-20-24/h4-13,17-18,20,22,29-30H,14-16,19,21H2,1-3H3,(H,34,39)/t29-,30-/m1/s1. The van der Waals surface area contributed by atoms with Crippen LogP contribution in [0.1, 0.15) is 37.8 Å². The molecule has 0 bridgehead atoms. The van der Waals surface area contributed by atoms with Crippen molar-refractivity contribution in [1.82, 2.24) is 20.1 Å². The normalized spacial score (nSPS) is 16.9. The molecule has 2 heterocycles. The molecule has 1 saturated heterocycles. The van der Waals surface area contributed by atoms with E-state index in [0.717, 1.165) is 32.8 Å². The summed E-state index contributed by atoms with van der Waals surface area (Å²) in [4.78, 5) is 48.9. The lowest BCUT2D eigenvalue weighted by molar-refractivity contribution is -0.146. The van der Waals surface area contributed by atoms with Gasteiger partial charge in [0.25, 0.3) is 0 Å². The summed E-state index contributed by atoms with van der Waals surface area (Å²) < 4.78 is 0. The SMILES string of the molecule is CNC(=O)[C@@H](Cc1ccc2ccccc2c1)N1CCC(=O)N(Cc2cnc3ccccc3c2)[C@H](CC(C)C)C1=O. The number of para-hydroxylation sites is 1. The summed E-state index contributed by atoms with van der Waals surface area (Å²) in [6.07, 6.45) is 2.82. The zero-order chi connectivity index (χ0) is 28.2. The smallest absolute Gasteiger partial charge is 0.246 e. The Morgan fingerprint density at radius 2 is 1.65 bits per heavy atom. The number of rotatable bonds is 8. The van der Waals surface area contributed by atoms with E-state index in [0.29, 0.717) is 19.4 Å². The highest BCUT2D eigenvalue weighted by molar-refractivity contribution is 5.94. The number of hydrogen-bond acceptors (Lipinski definition) is 4. The predicted octanol–water partition coefficient (Wildman–Crippen LogP) is 4.72. The fourth-order valence-corrected chi connectivity index (χ4v) is 5.65. The Kier molecular flexibility index (Phi) is 8.10. The van der Waals surface area contributed by atoms with Crippen molar-refractivity contribution in [3.63, 3.8) is 0 Å². The second-order valence-electron chi connectivity index (χ2n) is 11.0. The fraction of sp³-hybridized carbons (Fsp3) is 0.333. The number of amides is 3. The first-order valence-electron chi connectivity index (χ1n) is 14.0. The van der Waals surface area contributed by atoms with Crippen molar-refractivity contribution in [2.24, 2.45) is 5.92 Å². The number of carbonyl (C=O) groups is 3. The summed E-state index contributed by atoms with van der Waals surface area (Å²) in [6, 6.07) is 22.7. The van der Waals surface area contributed by atoms with Crippen molar-refractivity contribution >= 4 is 39.4 Å². The van der Waals surface area contributed by atoms with Gasteiger partial charge < -0.3 is 15.1 Å². The molecular formula is C33H36N4O3. The molecule has 0 spiro atoms. The largest absolute Gasteiger partial charge is 0.357 e.